The van der Waals surface area contributed by atoms with Crippen molar-refractivity contribution in [3.8, 4) is 0 Å². The summed E-state index contributed by atoms with van der Waals surface area (Å²) in [4.78, 5) is 0. The molecule has 124 valence electrons. The van der Waals surface area contributed by atoms with Crippen LogP contribution in [0.5, 0.6) is 0 Å². The van der Waals surface area contributed by atoms with Gasteiger partial charge in [-0.15, -0.1) is 47.6 Å². The topological polar surface area (TPSA) is 44.6 Å². The van der Waals surface area contributed by atoms with Crippen molar-refractivity contribution in [1.29, 1.82) is 0 Å². The van der Waals surface area contributed by atoms with E-state index in [0.717, 1.165) is 17.1 Å². The van der Waals surface area contributed by atoms with E-state index in [-0.39, 0.29) is 22.6 Å². The van der Waals surface area contributed by atoms with Gasteiger partial charge >= 0.3 is 17.1 Å². The third kappa shape index (κ3) is 4.10. The Bertz CT molecular complexity index is 725. The van der Waals surface area contributed by atoms with Gasteiger partial charge in [-0.2, -0.15) is 18.2 Å². The van der Waals surface area contributed by atoms with Crippen LogP contribution in [0.15, 0.2) is 95.4 Å². The first kappa shape index (κ1) is 18.4. The Morgan fingerprint density at radius 2 is 1.88 bits per heavy atom. The molecule has 0 aromatic heterocycles. The van der Waals surface area contributed by atoms with Crippen LogP contribution in [-0.2, 0) is 17.1 Å². The Labute approximate surface area is 158 Å². The maximum atomic E-state index is 6.04. The van der Waals surface area contributed by atoms with Crippen molar-refractivity contribution >= 4 is 18.3 Å². The Kier molecular flexibility index (Phi) is 6.70. The van der Waals surface area contributed by atoms with Crippen molar-refractivity contribution in [3.63, 3.8) is 0 Å². The van der Waals surface area contributed by atoms with Gasteiger partial charge in [0.25, 0.3) is 5.50 Å². The molecule has 1 aliphatic carbocycles. The second-order valence-electron chi connectivity index (χ2n) is 4.99. The average Bonchev–Trinajstić information content (AvgIpc) is 3.34. The van der Waals surface area contributed by atoms with Gasteiger partial charge in [0, 0.05) is 0 Å². The summed E-state index contributed by atoms with van der Waals surface area (Å²) >= 11 is 4.49. The maximum absolute atomic E-state index is 6.04. The Balaban J connectivity index is 0.000000300. The molecular weight excluding hydrogens is 360 g/mol. The number of azo groups is 2. The fraction of sp³-hybridized carbons (Fsp3) is 0.0556. The van der Waals surface area contributed by atoms with Crippen LogP contribution in [0.2, 0.25) is 0 Å². The number of hydrazine groups is 1. The number of nitrogens with two attached hydrogens (primary N) is 1. The van der Waals surface area contributed by atoms with E-state index >= 15 is 0 Å². The van der Waals surface area contributed by atoms with Crippen molar-refractivity contribution in [1.82, 2.24) is 5.01 Å². The molecule has 4 rings (SSSR count). The molecular formula is C18H18FeN4S. The van der Waals surface area contributed by atoms with Crippen molar-refractivity contribution < 1.29 is 21.8 Å². The van der Waals surface area contributed by atoms with E-state index in [9.17, 15) is 0 Å². The smallest absolute Gasteiger partial charge is 0.258 e. The summed E-state index contributed by atoms with van der Waals surface area (Å²) in [6, 6.07) is 17.9. The van der Waals surface area contributed by atoms with E-state index in [4.69, 9.17) is 5.84 Å². The van der Waals surface area contributed by atoms with Gasteiger partial charge in [-0.25, -0.2) is 30.1 Å². The summed E-state index contributed by atoms with van der Waals surface area (Å²) in [6.45, 7) is 0. The van der Waals surface area contributed by atoms with E-state index in [1.54, 1.807) is 9.71 Å². The molecule has 1 heterocycles. The molecule has 0 fully saturated rings. The molecule has 0 spiro atoms. The molecule has 6 heteroatoms. The Hall–Kier alpha value is -1.98. The first-order valence-corrected chi connectivity index (χ1v) is 7.82. The van der Waals surface area contributed by atoms with Crippen LogP contribution in [0.1, 0.15) is 0 Å². The molecule has 24 heavy (non-hydrogen) atoms. The fourth-order valence-corrected chi connectivity index (χ4v) is 2.55. The molecule has 0 amide bonds. The van der Waals surface area contributed by atoms with Gasteiger partial charge in [0.2, 0.25) is 0 Å². The third-order valence-electron chi connectivity index (χ3n) is 3.41. The fourth-order valence-electron chi connectivity index (χ4n) is 2.25. The van der Waals surface area contributed by atoms with Crippen LogP contribution in [-0.4, -0.2) is 15.2 Å². The summed E-state index contributed by atoms with van der Waals surface area (Å²) in [5.41, 5.74) is 1.67. The first-order chi connectivity index (χ1) is 11.3. The van der Waals surface area contributed by atoms with Crippen molar-refractivity contribution in [3.05, 3.63) is 96.7 Å². The minimum Gasteiger partial charge on any atom is -0.258 e. The van der Waals surface area contributed by atoms with Crippen molar-refractivity contribution in [2.45, 2.75) is 5.50 Å². The number of hydrogen-bond donors (Lipinski definition) is 2. The molecule has 1 unspecified atom stereocenters. The van der Waals surface area contributed by atoms with E-state index in [2.05, 4.69) is 17.7 Å². The number of allylic oxidation sites excluding steroid dienone is 5. The zero-order valence-corrected chi connectivity index (χ0v) is 14.9. The molecule has 0 saturated carbocycles. The van der Waals surface area contributed by atoms with E-state index in [0.29, 0.717) is 0 Å². The first-order valence-electron chi connectivity index (χ1n) is 7.31. The van der Waals surface area contributed by atoms with Crippen LogP contribution >= 0.6 is 12.6 Å². The van der Waals surface area contributed by atoms with Gasteiger partial charge in [0.15, 0.2) is 0 Å². The third-order valence-corrected chi connectivity index (χ3v) is 3.88. The van der Waals surface area contributed by atoms with Gasteiger partial charge < -0.3 is 0 Å². The summed E-state index contributed by atoms with van der Waals surface area (Å²) in [6.07, 6.45) is 9.85. The van der Waals surface area contributed by atoms with Gasteiger partial charge in [0.1, 0.15) is 11.5 Å². The number of rotatable bonds is 1. The standard InChI is InChI=1S/C13H13N4S.C5H5.Fe/c14-16-12(10-6-2-1-3-7-10)15-17(13(16)18)11-8-4-5-9-11;1-2-4-5-3-1;/h1-9,13,18H,14H2;1-5H;/q2*-1;+2. The van der Waals surface area contributed by atoms with Gasteiger partial charge in [-0.1, -0.05) is 18.2 Å². The van der Waals surface area contributed by atoms with E-state index in [1.165, 1.54) is 0 Å². The summed E-state index contributed by atoms with van der Waals surface area (Å²) in [5.74, 6) is 6.75. The molecule has 0 saturated heterocycles. The Morgan fingerprint density at radius 3 is 2.42 bits per heavy atom. The van der Waals surface area contributed by atoms with Crippen molar-refractivity contribution in [2.24, 2.45) is 11.0 Å². The molecule has 2 N–H and O–H groups in total. The van der Waals surface area contributed by atoms with E-state index in [1.807, 2.05) is 85.3 Å². The van der Waals surface area contributed by atoms with Gasteiger partial charge in [-0.05, 0) is 5.11 Å². The minimum atomic E-state index is -0.289. The Morgan fingerprint density at radius 1 is 1.17 bits per heavy atom. The van der Waals surface area contributed by atoms with Crippen LogP contribution in [0.3, 0.4) is 0 Å². The molecule has 2 aliphatic rings. The predicted octanol–water partition coefficient (Wildman–Crippen LogP) is 3.85. The van der Waals surface area contributed by atoms with Crippen molar-refractivity contribution in [2.75, 3.05) is 0 Å². The van der Waals surface area contributed by atoms with Crippen LogP contribution in [0.25, 0.3) is 0 Å². The minimum absolute atomic E-state index is 0. The van der Waals surface area contributed by atoms with Crippen LogP contribution in [0, 0.1) is 6.42 Å². The zero-order chi connectivity index (χ0) is 16.1. The van der Waals surface area contributed by atoms with E-state index < -0.39 is 0 Å². The normalized spacial score (nSPS) is 21.5. The van der Waals surface area contributed by atoms with Crippen LogP contribution < -0.4 is 5.84 Å². The molecule has 2 aromatic rings. The molecule has 1 aliphatic heterocycles. The predicted molar refractivity (Wildman–Crippen MR) is 94.8 cm³/mol. The quantitative estimate of drug-likeness (QED) is 0.260. The molecule has 1 atom stereocenters. The largest absolute Gasteiger partial charge is 2.00 e. The SMILES string of the molecule is NN1C(=C2C=CC=C[CH-]2)N=[N+]([c-]2cccc2)C1S.[Fe+2].c1cc[cH-]c1. The van der Waals surface area contributed by atoms with Crippen LogP contribution in [0.4, 0.5) is 5.69 Å². The monoisotopic (exact) mass is 378 g/mol. The second-order valence-corrected chi connectivity index (χ2v) is 5.46. The number of hydrogen-bond acceptors (Lipinski definition) is 4. The molecule has 2 aromatic carbocycles. The molecule has 0 radical (unpaired) electrons. The summed E-state index contributed by atoms with van der Waals surface area (Å²) in [5, 5.41) is 6.10. The summed E-state index contributed by atoms with van der Waals surface area (Å²) < 4.78 is 1.80. The van der Waals surface area contributed by atoms with Gasteiger partial charge in [-0.3, -0.25) is 5.01 Å². The second kappa shape index (κ2) is 8.76. The maximum Gasteiger partial charge on any atom is 2.00 e. The molecule has 0 bridgehead atoms. The average molecular weight is 378 g/mol. The molecule has 4 nitrogen and oxygen atoms in total. The number of nitrogens with zero attached hydrogens (tertiary/aromatic N) is 3. The van der Waals surface area contributed by atoms with Gasteiger partial charge in [0.05, 0.1) is 0 Å². The summed E-state index contributed by atoms with van der Waals surface area (Å²) in [7, 11) is 0. The number of thiol groups is 1. The zero-order valence-electron chi connectivity index (χ0n) is 12.9.